The molecule has 1 atom stereocenters. The first-order valence-corrected chi connectivity index (χ1v) is 15.1. The molecule has 6 rings (SSSR count). The van der Waals surface area contributed by atoms with Crippen molar-refractivity contribution in [2.24, 2.45) is 0 Å². The van der Waals surface area contributed by atoms with Crippen molar-refractivity contribution in [3.8, 4) is 11.5 Å². The number of hydrogen-bond donors (Lipinski definition) is 1. The second kappa shape index (κ2) is 12.7. The van der Waals surface area contributed by atoms with Gasteiger partial charge in [-0.15, -0.1) is 0 Å². The second-order valence-corrected chi connectivity index (χ2v) is 11.1. The smallest absolute Gasteiger partial charge is 0.295 e. The molecule has 1 aliphatic rings. The van der Waals surface area contributed by atoms with E-state index in [9.17, 15) is 14.7 Å². The fourth-order valence-electron chi connectivity index (χ4n) is 5.84. The van der Waals surface area contributed by atoms with Crippen molar-refractivity contribution in [3.05, 3.63) is 136 Å². The van der Waals surface area contributed by atoms with E-state index in [0.29, 0.717) is 48.0 Å². The molecular weight excluding hydrogens is 566 g/mol. The van der Waals surface area contributed by atoms with E-state index in [4.69, 9.17) is 14.5 Å². The van der Waals surface area contributed by atoms with Gasteiger partial charge in [0.1, 0.15) is 17.9 Å². The number of amides is 1. The normalized spacial score (nSPS) is 16.0. The number of Topliss-reactive ketones (excluding diaryl/α,β-unsaturated/α-hetero) is 1. The van der Waals surface area contributed by atoms with E-state index >= 15 is 0 Å². The van der Waals surface area contributed by atoms with E-state index < -0.39 is 17.7 Å². The zero-order valence-electron chi connectivity index (χ0n) is 25.6. The van der Waals surface area contributed by atoms with Crippen LogP contribution >= 0.6 is 0 Å². The van der Waals surface area contributed by atoms with Crippen molar-refractivity contribution >= 4 is 23.1 Å². The molecule has 3 aromatic carbocycles. The standard InChI is InChI=1S/C37H35N3O5/c1-4-44-30-22-28(17-18-29(30)45-23-27-15-9-6-10-16-27)33-31(34(41)32-25(3)39-20-11-12-24(2)36(39)38-32)35(42)37(43)40(33)21-19-26-13-7-5-8-14-26/h5-18,20,22,33,41H,4,19,21,23H2,1-3H3/b34-31+. The summed E-state index contributed by atoms with van der Waals surface area (Å²) in [4.78, 5) is 33.7. The van der Waals surface area contributed by atoms with Crippen LogP contribution < -0.4 is 9.47 Å². The molecule has 45 heavy (non-hydrogen) atoms. The predicted molar refractivity (Wildman–Crippen MR) is 172 cm³/mol. The minimum absolute atomic E-state index is 0.00220. The molecule has 1 saturated heterocycles. The molecule has 1 aliphatic heterocycles. The highest BCUT2D eigenvalue weighted by molar-refractivity contribution is 6.46. The maximum atomic E-state index is 13.8. The Morgan fingerprint density at radius 1 is 0.867 bits per heavy atom. The van der Waals surface area contributed by atoms with E-state index in [1.165, 1.54) is 4.90 Å². The lowest BCUT2D eigenvalue weighted by molar-refractivity contribution is -0.139. The minimum atomic E-state index is -0.860. The highest BCUT2D eigenvalue weighted by atomic mass is 16.5. The molecule has 5 aromatic rings. The summed E-state index contributed by atoms with van der Waals surface area (Å²) >= 11 is 0. The fourth-order valence-corrected chi connectivity index (χ4v) is 5.84. The SMILES string of the molecule is CCOc1cc(C2/C(=C(\O)c3nc4c(C)cccn4c3C)C(=O)C(=O)N2CCc2ccccc2)ccc1OCc1ccccc1. The maximum absolute atomic E-state index is 13.8. The lowest BCUT2D eigenvalue weighted by Gasteiger charge is -2.26. The van der Waals surface area contributed by atoms with Gasteiger partial charge in [-0.2, -0.15) is 0 Å². The zero-order valence-corrected chi connectivity index (χ0v) is 25.6. The average Bonchev–Trinajstić information content (AvgIpc) is 3.53. The Bertz CT molecular complexity index is 1900. The number of hydrogen-bond acceptors (Lipinski definition) is 6. The van der Waals surface area contributed by atoms with Crippen LogP contribution in [0.5, 0.6) is 11.5 Å². The van der Waals surface area contributed by atoms with E-state index in [0.717, 1.165) is 16.7 Å². The molecule has 0 bridgehead atoms. The van der Waals surface area contributed by atoms with Gasteiger partial charge in [0.25, 0.3) is 11.7 Å². The molecule has 1 fully saturated rings. The van der Waals surface area contributed by atoms with Crippen LogP contribution in [-0.2, 0) is 22.6 Å². The van der Waals surface area contributed by atoms with Crippen molar-refractivity contribution in [1.82, 2.24) is 14.3 Å². The molecule has 3 heterocycles. The van der Waals surface area contributed by atoms with Gasteiger partial charge in [0.2, 0.25) is 0 Å². The molecule has 228 valence electrons. The molecule has 0 saturated carbocycles. The van der Waals surface area contributed by atoms with Gasteiger partial charge in [-0.25, -0.2) is 4.98 Å². The Morgan fingerprint density at radius 3 is 2.27 bits per heavy atom. The summed E-state index contributed by atoms with van der Waals surface area (Å²) in [7, 11) is 0. The number of aromatic nitrogens is 2. The van der Waals surface area contributed by atoms with Crippen LogP contribution in [-0.4, -0.2) is 44.2 Å². The summed E-state index contributed by atoms with van der Waals surface area (Å²) in [5, 5.41) is 11.8. The Labute approximate surface area is 262 Å². The molecule has 1 unspecified atom stereocenters. The van der Waals surface area contributed by atoms with E-state index in [-0.39, 0.29) is 23.6 Å². The number of nitrogens with zero attached hydrogens (tertiary/aromatic N) is 3. The first-order valence-electron chi connectivity index (χ1n) is 15.1. The van der Waals surface area contributed by atoms with Crippen molar-refractivity contribution in [1.29, 1.82) is 0 Å². The first kappa shape index (κ1) is 29.7. The predicted octanol–water partition coefficient (Wildman–Crippen LogP) is 6.59. The Morgan fingerprint density at radius 2 is 1.58 bits per heavy atom. The molecule has 0 radical (unpaired) electrons. The summed E-state index contributed by atoms with van der Waals surface area (Å²) < 4.78 is 14.0. The van der Waals surface area contributed by atoms with Gasteiger partial charge >= 0.3 is 0 Å². The highest BCUT2D eigenvalue weighted by Crippen LogP contribution is 2.42. The quantitative estimate of drug-likeness (QED) is 0.110. The third-order valence-electron chi connectivity index (χ3n) is 8.15. The molecule has 0 spiro atoms. The molecule has 0 aliphatic carbocycles. The van der Waals surface area contributed by atoms with Gasteiger partial charge in [0, 0.05) is 12.7 Å². The Kier molecular flexibility index (Phi) is 8.38. The van der Waals surface area contributed by atoms with Crippen molar-refractivity contribution in [2.45, 2.75) is 39.8 Å². The summed E-state index contributed by atoms with van der Waals surface area (Å²) in [5.74, 6) is -0.696. The Hall–Kier alpha value is -5.37. The van der Waals surface area contributed by atoms with Crippen LogP contribution in [0, 0.1) is 13.8 Å². The van der Waals surface area contributed by atoms with Gasteiger partial charge in [-0.3, -0.25) is 9.59 Å². The van der Waals surface area contributed by atoms with E-state index in [1.807, 2.05) is 110 Å². The van der Waals surface area contributed by atoms with Crippen LogP contribution in [0.1, 0.15) is 46.6 Å². The number of likely N-dealkylation sites (tertiary alicyclic amines) is 1. The zero-order chi connectivity index (χ0) is 31.5. The topological polar surface area (TPSA) is 93.4 Å². The van der Waals surface area contributed by atoms with Gasteiger partial charge in [0.05, 0.1) is 23.9 Å². The van der Waals surface area contributed by atoms with Crippen LogP contribution in [0.2, 0.25) is 0 Å². The molecule has 8 nitrogen and oxygen atoms in total. The van der Waals surface area contributed by atoms with Crippen LogP contribution in [0.4, 0.5) is 0 Å². The summed E-state index contributed by atoms with van der Waals surface area (Å²) in [6.07, 6.45) is 2.40. The first-order chi connectivity index (χ1) is 21.9. The summed E-state index contributed by atoms with van der Waals surface area (Å²) in [6, 6.07) is 28.0. The van der Waals surface area contributed by atoms with Crippen molar-refractivity contribution in [3.63, 3.8) is 0 Å². The third kappa shape index (κ3) is 5.79. The lowest BCUT2D eigenvalue weighted by atomic mass is 9.95. The molecule has 8 heteroatoms. The van der Waals surface area contributed by atoms with Crippen LogP contribution in [0.3, 0.4) is 0 Å². The third-order valence-corrected chi connectivity index (χ3v) is 8.15. The Balaban J connectivity index is 1.45. The molecule has 1 N–H and O–H groups in total. The summed E-state index contributed by atoms with van der Waals surface area (Å²) in [6.45, 7) is 6.66. The number of carbonyl (C=O) groups is 2. The van der Waals surface area contributed by atoms with Crippen LogP contribution in [0.15, 0.2) is 103 Å². The van der Waals surface area contributed by atoms with Crippen molar-refractivity contribution < 1.29 is 24.2 Å². The number of aliphatic hydroxyl groups is 1. The summed E-state index contributed by atoms with van der Waals surface area (Å²) in [5.41, 5.74) is 5.19. The van der Waals surface area contributed by atoms with Gasteiger partial charge in [-0.05, 0) is 67.6 Å². The number of imidazole rings is 1. The maximum Gasteiger partial charge on any atom is 0.295 e. The number of benzene rings is 3. The molecule has 2 aromatic heterocycles. The number of fused-ring (bicyclic) bond motifs is 1. The average molecular weight is 602 g/mol. The number of carbonyl (C=O) groups excluding carboxylic acids is 2. The fraction of sp³-hybridized carbons (Fsp3) is 0.216. The molecular formula is C37H35N3O5. The van der Waals surface area contributed by atoms with E-state index in [2.05, 4.69) is 0 Å². The number of rotatable bonds is 10. The lowest BCUT2D eigenvalue weighted by Crippen LogP contribution is -2.31. The second-order valence-electron chi connectivity index (χ2n) is 11.1. The number of aryl methyl sites for hydroxylation is 2. The van der Waals surface area contributed by atoms with Crippen molar-refractivity contribution in [2.75, 3.05) is 13.2 Å². The van der Waals surface area contributed by atoms with Gasteiger partial charge < -0.3 is 23.9 Å². The largest absolute Gasteiger partial charge is 0.505 e. The molecule has 1 amide bonds. The number of aliphatic hydroxyl groups excluding tert-OH is 1. The highest BCUT2D eigenvalue weighted by Gasteiger charge is 2.46. The monoisotopic (exact) mass is 601 g/mol. The van der Waals surface area contributed by atoms with Crippen LogP contribution in [0.25, 0.3) is 11.4 Å². The van der Waals surface area contributed by atoms with E-state index in [1.54, 1.807) is 12.1 Å². The van der Waals surface area contributed by atoms with Gasteiger partial charge in [0.15, 0.2) is 17.3 Å². The number of ketones is 1. The number of ether oxygens (including phenoxy) is 2. The number of pyridine rings is 1. The van der Waals surface area contributed by atoms with Gasteiger partial charge in [-0.1, -0.05) is 72.8 Å². The minimum Gasteiger partial charge on any atom is -0.505 e.